The Hall–Kier alpha value is -3.18. The summed E-state index contributed by atoms with van der Waals surface area (Å²) in [6, 6.07) is -3.30. The molecule has 1 aliphatic rings. The van der Waals surface area contributed by atoms with Crippen LogP contribution in [0.25, 0.3) is 0 Å². The second-order valence-electron chi connectivity index (χ2n) is 4.77. The lowest BCUT2D eigenvalue weighted by atomic mass is 10.2. The fourth-order valence-electron chi connectivity index (χ4n) is 2.14. The highest BCUT2D eigenvalue weighted by Gasteiger charge is 2.28. The second-order valence-corrected chi connectivity index (χ2v) is 4.77. The van der Waals surface area contributed by atoms with Crippen LogP contribution >= 0.6 is 0 Å². The number of nitrogens with zero attached hydrogens (tertiary/aromatic N) is 3. The lowest BCUT2D eigenvalue weighted by molar-refractivity contribution is -0.119. The minimum Gasteiger partial charge on any atom is -0.405 e. The van der Waals surface area contributed by atoms with Crippen molar-refractivity contribution in [1.29, 1.82) is 0 Å². The lowest BCUT2D eigenvalue weighted by Crippen LogP contribution is -2.49. The lowest BCUT2D eigenvalue weighted by Gasteiger charge is -2.27. The molecule has 0 fully saturated rings. The van der Waals surface area contributed by atoms with Crippen molar-refractivity contribution < 1.29 is 23.6 Å². The summed E-state index contributed by atoms with van der Waals surface area (Å²) in [6.45, 7) is 3.45. The highest BCUT2D eigenvalue weighted by molar-refractivity contribution is 6.05. The topological polar surface area (TPSA) is 159 Å². The van der Waals surface area contributed by atoms with E-state index in [2.05, 4.69) is 20.8 Å². The number of amides is 7. The molecule has 12 heteroatoms. The Morgan fingerprint density at radius 1 is 1.08 bits per heavy atom. The summed E-state index contributed by atoms with van der Waals surface area (Å²) >= 11 is 0. The number of urea groups is 3. The van der Waals surface area contributed by atoms with E-state index >= 15 is 0 Å². The van der Waals surface area contributed by atoms with Gasteiger partial charge in [-0.2, -0.15) is 0 Å². The minimum absolute atomic E-state index is 0.123. The zero-order chi connectivity index (χ0) is 17.7. The van der Waals surface area contributed by atoms with Gasteiger partial charge in [-0.3, -0.25) is 20.7 Å². The van der Waals surface area contributed by atoms with E-state index in [-0.39, 0.29) is 11.9 Å². The first-order valence-electron chi connectivity index (χ1n) is 7.24. The first-order valence-corrected chi connectivity index (χ1v) is 7.24. The van der Waals surface area contributed by atoms with Gasteiger partial charge in [0.15, 0.2) is 0 Å². The van der Waals surface area contributed by atoms with Gasteiger partial charge in [-0.1, -0.05) is 12.0 Å². The highest BCUT2D eigenvalue weighted by atomic mass is 16.4. The number of imide groups is 2. The average molecular weight is 339 g/mol. The molecular formula is C12H17N7O5. The van der Waals surface area contributed by atoms with Gasteiger partial charge in [-0.25, -0.2) is 14.4 Å². The van der Waals surface area contributed by atoms with E-state index in [1.807, 2.05) is 17.6 Å². The van der Waals surface area contributed by atoms with Gasteiger partial charge in [0.05, 0.1) is 6.54 Å². The molecule has 1 atom stereocenters. The van der Waals surface area contributed by atoms with Gasteiger partial charge >= 0.3 is 24.1 Å². The Morgan fingerprint density at radius 3 is 2.46 bits per heavy atom. The van der Waals surface area contributed by atoms with Gasteiger partial charge in [0.2, 0.25) is 11.8 Å². The summed E-state index contributed by atoms with van der Waals surface area (Å²) in [5.74, 6) is -0.652. The number of anilines is 1. The van der Waals surface area contributed by atoms with E-state index < -0.39 is 36.6 Å². The third kappa shape index (κ3) is 3.97. The van der Waals surface area contributed by atoms with Crippen molar-refractivity contribution in [2.24, 2.45) is 0 Å². The smallest absolute Gasteiger partial charge is 0.330 e. The van der Waals surface area contributed by atoms with E-state index in [9.17, 15) is 19.2 Å². The Bertz CT molecular complexity index is 658. The molecule has 24 heavy (non-hydrogen) atoms. The van der Waals surface area contributed by atoms with Crippen molar-refractivity contribution in [2.45, 2.75) is 26.3 Å². The summed E-state index contributed by atoms with van der Waals surface area (Å²) in [5.41, 5.74) is 0. The predicted octanol–water partition coefficient (Wildman–Crippen LogP) is -0.0765. The van der Waals surface area contributed by atoms with Gasteiger partial charge in [0, 0.05) is 6.54 Å². The number of carbonyl (C=O) groups excluding carboxylic acids is 4. The van der Waals surface area contributed by atoms with Crippen LogP contribution < -0.4 is 21.3 Å². The standard InChI is InChI=1S/C12H17N7O5/c1-3-6-8-17-18-11(24-8)16-10(22)15-9(21)14-7(20)5-13-12(23)19(6)4-2/h6H,3-5H2,1-2H3,(H,13,23)(H3,14,15,16,18,20,21,22). The molecule has 130 valence electrons. The Labute approximate surface area is 136 Å². The first kappa shape index (κ1) is 17.2. The summed E-state index contributed by atoms with van der Waals surface area (Å²) in [6.07, 6.45) is 0.472. The van der Waals surface area contributed by atoms with E-state index in [1.54, 1.807) is 6.92 Å². The maximum atomic E-state index is 12.3. The average Bonchev–Trinajstić information content (AvgIpc) is 2.96. The monoisotopic (exact) mass is 339 g/mol. The van der Waals surface area contributed by atoms with Gasteiger partial charge < -0.3 is 14.6 Å². The molecule has 1 unspecified atom stereocenters. The fourth-order valence-corrected chi connectivity index (χ4v) is 2.14. The quantitative estimate of drug-likeness (QED) is 0.586. The SMILES string of the molecule is CCC1c2nnc(o2)NC(=O)NC(=O)NC(=O)CNC(=O)N1CC. The Kier molecular flexibility index (Phi) is 5.29. The van der Waals surface area contributed by atoms with Gasteiger partial charge in [0.1, 0.15) is 6.04 Å². The number of aromatic nitrogens is 2. The van der Waals surface area contributed by atoms with E-state index in [4.69, 9.17) is 4.42 Å². The van der Waals surface area contributed by atoms with Crippen LogP contribution in [0.2, 0.25) is 0 Å². The zero-order valence-corrected chi connectivity index (χ0v) is 13.1. The van der Waals surface area contributed by atoms with E-state index in [0.29, 0.717) is 13.0 Å². The van der Waals surface area contributed by atoms with Crippen molar-refractivity contribution in [3.8, 4) is 0 Å². The summed E-state index contributed by atoms with van der Waals surface area (Å²) in [5, 5.41) is 15.8. The summed E-state index contributed by atoms with van der Waals surface area (Å²) in [7, 11) is 0. The third-order valence-corrected chi connectivity index (χ3v) is 3.19. The Morgan fingerprint density at radius 2 is 1.79 bits per heavy atom. The van der Waals surface area contributed by atoms with Gasteiger partial charge in [-0.15, -0.1) is 5.10 Å². The van der Waals surface area contributed by atoms with Crippen LogP contribution in [0.15, 0.2) is 4.42 Å². The van der Waals surface area contributed by atoms with Gasteiger partial charge in [-0.05, 0) is 13.3 Å². The van der Waals surface area contributed by atoms with Crippen LogP contribution in [0.1, 0.15) is 32.2 Å². The second kappa shape index (κ2) is 7.39. The number of rotatable bonds is 2. The van der Waals surface area contributed by atoms with Crippen LogP contribution in [0, 0.1) is 0 Å². The molecule has 0 radical (unpaired) electrons. The van der Waals surface area contributed by atoms with Crippen LogP contribution in [0.3, 0.4) is 0 Å². The molecule has 0 aliphatic carbocycles. The van der Waals surface area contributed by atoms with Gasteiger partial charge in [0.25, 0.3) is 0 Å². The molecule has 1 aromatic rings. The van der Waals surface area contributed by atoms with Crippen LogP contribution in [-0.2, 0) is 4.79 Å². The van der Waals surface area contributed by atoms with Crippen molar-refractivity contribution in [3.05, 3.63) is 5.89 Å². The number of carbonyl (C=O) groups is 4. The van der Waals surface area contributed by atoms with E-state index in [1.165, 1.54) is 4.90 Å². The molecule has 0 spiro atoms. The molecule has 7 amide bonds. The van der Waals surface area contributed by atoms with Crippen LogP contribution in [0.4, 0.5) is 20.4 Å². The molecule has 2 rings (SSSR count). The molecule has 2 heterocycles. The molecule has 1 aromatic heterocycles. The molecule has 12 nitrogen and oxygen atoms in total. The summed E-state index contributed by atoms with van der Waals surface area (Å²) in [4.78, 5) is 48.3. The largest absolute Gasteiger partial charge is 0.405 e. The van der Waals surface area contributed by atoms with Crippen LogP contribution in [-0.4, -0.2) is 52.2 Å². The zero-order valence-electron chi connectivity index (χ0n) is 13.1. The Balaban J connectivity index is 2.32. The number of hydrogen-bond acceptors (Lipinski definition) is 7. The van der Waals surface area contributed by atoms with Crippen molar-refractivity contribution in [1.82, 2.24) is 31.0 Å². The van der Waals surface area contributed by atoms with Crippen molar-refractivity contribution in [2.75, 3.05) is 18.4 Å². The molecule has 1 aliphatic heterocycles. The maximum Gasteiger partial charge on any atom is 0.330 e. The summed E-state index contributed by atoms with van der Waals surface area (Å²) < 4.78 is 5.32. The van der Waals surface area contributed by atoms with Crippen molar-refractivity contribution >= 4 is 30.0 Å². The number of fused-ring (bicyclic) bond motifs is 2. The molecule has 0 aromatic carbocycles. The molecule has 2 bridgehead atoms. The highest BCUT2D eigenvalue weighted by Crippen LogP contribution is 2.24. The van der Waals surface area contributed by atoms with Crippen molar-refractivity contribution in [3.63, 3.8) is 0 Å². The number of nitrogens with one attached hydrogen (secondary N) is 4. The molecule has 4 N–H and O–H groups in total. The molecule has 0 saturated carbocycles. The number of hydrogen-bond donors (Lipinski definition) is 4. The fraction of sp³-hybridized carbons (Fsp3) is 0.500. The first-order chi connectivity index (χ1) is 11.4. The predicted molar refractivity (Wildman–Crippen MR) is 78.8 cm³/mol. The maximum absolute atomic E-state index is 12.3. The molecular weight excluding hydrogens is 322 g/mol. The third-order valence-electron chi connectivity index (χ3n) is 3.19. The van der Waals surface area contributed by atoms with Crippen LogP contribution in [0.5, 0.6) is 0 Å². The minimum atomic E-state index is -1.05. The van der Waals surface area contributed by atoms with E-state index in [0.717, 1.165) is 0 Å². The normalized spacial score (nSPS) is 19.8. The molecule has 0 saturated heterocycles.